The van der Waals surface area contributed by atoms with Crippen molar-refractivity contribution >= 4 is 23.2 Å². The number of fused-ring (bicyclic) bond motifs is 1. The molecule has 0 radical (unpaired) electrons. The second-order valence-electron chi connectivity index (χ2n) is 6.68. The van der Waals surface area contributed by atoms with E-state index < -0.39 is 5.54 Å². The number of anilines is 2. The van der Waals surface area contributed by atoms with Crippen molar-refractivity contribution in [3.8, 4) is 0 Å². The maximum atomic E-state index is 12.6. The van der Waals surface area contributed by atoms with Crippen molar-refractivity contribution in [2.75, 3.05) is 30.3 Å². The van der Waals surface area contributed by atoms with Crippen LogP contribution in [0.25, 0.3) is 0 Å². The van der Waals surface area contributed by atoms with Crippen LogP contribution in [-0.4, -0.2) is 47.9 Å². The minimum Gasteiger partial charge on any atom is -0.369 e. The molecule has 1 aromatic rings. The Balaban J connectivity index is 1.46. The fourth-order valence-electron chi connectivity index (χ4n) is 3.83. The van der Waals surface area contributed by atoms with Crippen molar-refractivity contribution in [1.82, 2.24) is 10.2 Å². The van der Waals surface area contributed by atoms with E-state index in [1.165, 1.54) is 0 Å². The van der Waals surface area contributed by atoms with Crippen molar-refractivity contribution < 1.29 is 9.59 Å². The molecule has 6 heteroatoms. The van der Waals surface area contributed by atoms with E-state index >= 15 is 0 Å². The maximum Gasteiger partial charge on any atom is 0.250 e. The van der Waals surface area contributed by atoms with Crippen LogP contribution < -0.4 is 16.0 Å². The first-order valence-corrected chi connectivity index (χ1v) is 8.39. The van der Waals surface area contributed by atoms with Gasteiger partial charge >= 0.3 is 0 Å². The van der Waals surface area contributed by atoms with E-state index in [4.69, 9.17) is 0 Å². The summed E-state index contributed by atoms with van der Waals surface area (Å²) in [5, 5.41) is 9.69. The molecule has 3 N–H and O–H groups in total. The fourth-order valence-corrected chi connectivity index (χ4v) is 3.83. The van der Waals surface area contributed by atoms with Gasteiger partial charge in [0.15, 0.2) is 0 Å². The quantitative estimate of drug-likeness (QED) is 0.727. The van der Waals surface area contributed by atoms with Crippen LogP contribution in [0.5, 0.6) is 0 Å². The molecule has 2 amide bonds. The lowest BCUT2D eigenvalue weighted by atomic mass is 9.84. The normalized spacial score (nSPS) is 25.7. The lowest BCUT2D eigenvalue weighted by molar-refractivity contribution is -0.136. The summed E-state index contributed by atoms with van der Waals surface area (Å²) in [4.78, 5) is 27.0. The number of amides is 2. The second-order valence-corrected chi connectivity index (χ2v) is 6.68. The van der Waals surface area contributed by atoms with Gasteiger partial charge in [-0.05, 0) is 44.4 Å². The van der Waals surface area contributed by atoms with Crippen LogP contribution in [0, 0.1) is 0 Å². The number of piperidine rings is 1. The number of nitrogens with one attached hydrogen (secondary N) is 3. The molecule has 1 aromatic carbocycles. The van der Waals surface area contributed by atoms with Crippen LogP contribution in [-0.2, 0) is 9.59 Å². The molecular weight excluding hydrogens is 292 g/mol. The molecule has 1 spiro atoms. The van der Waals surface area contributed by atoms with Gasteiger partial charge in [0.05, 0.1) is 17.4 Å². The molecular formula is C17H22N4O2. The zero-order valence-corrected chi connectivity index (χ0v) is 13.1. The number of carbonyl (C=O) groups is 2. The fraction of sp³-hybridized carbons (Fsp3) is 0.529. The number of benzene rings is 1. The third kappa shape index (κ3) is 2.47. The molecule has 23 heavy (non-hydrogen) atoms. The standard InChI is InChI=1S/C17H22N4O2/c22-15(14-6-3-9-18-14)21-10-7-17(8-11-21)16(23)19-12-4-1-2-5-13(12)20-17/h1-2,4-5,14,18,20H,3,6-11H2,(H,19,23)/t14-/m0/s1. The predicted octanol–water partition coefficient (Wildman–Crippen LogP) is 1.16. The van der Waals surface area contributed by atoms with Crippen LogP contribution in [0.2, 0.25) is 0 Å². The molecule has 0 aromatic heterocycles. The average Bonchev–Trinajstić information content (AvgIpc) is 3.11. The highest BCUT2D eigenvalue weighted by atomic mass is 16.2. The van der Waals surface area contributed by atoms with E-state index in [1.807, 2.05) is 29.2 Å². The molecule has 0 bridgehead atoms. The Bertz CT molecular complexity index is 631. The summed E-state index contributed by atoms with van der Waals surface area (Å²) in [6, 6.07) is 7.72. The first-order chi connectivity index (χ1) is 11.2. The molecule has 0 unspecified atom stereocenters. The predicted molar refractivity (Wildman–Crippen MR) is 88.3 cm³/mol. The minimum absolute atomic E-state index is 0.0160. The molecule has 3 aliphatic heterocycles. The van der Waals surface area contributed by atoms with Gasteiger partial charge in [-0.15, -0.1) is 0 Å². The average molecular weight is 314 g/mol. The molecule has 2 fully saturated rings. The van der Waals surface area contributed by atoms with E-state index in [-0.39, 0.29) is 17.9 Å². The van der Waals surface area contributed by atoms with Crippen LogP contribution in [0.4, 0.5) is 11.4 Å². The Hall–Kier alpha value is -2.08. The SMILES string of the molecule is O=C([C@@H]1CCCN1)N1CCC2(CC1)Nc1ccccc1NC2=O. The highest BCUT2D eigenvalue weighted by Crippen LogP contribution is 2.36. The Morgan fingerprint density at radius 1 is 1.17 bits per heavy atom. The van der Waals surface area contributed by atoms with E-state index in [2.05, 4.69) is 16.0 Å². The summed E-state index contributed by atoms with van der Waals surface area (Å²) in [5.74, 6) is 0.205. The summed E-state index contributed by atoms with van der Waals surface area (Å²) >= 11 is 0. The van der Waals surface area contributed by atoms with Crippen molar-refractivity contribution in [1.29, 1.82) is 0 Å². The number of hydrogen-bond acceptors (Lipinski definition) is 4. The number of para-hydroxylation sites is 2. The lowest BCUT2D eigenvalue weighted by Crippen LogP contribution is -2.60. The maximum absolute atomic E-state index is 12.6. The Labute approximate surface area is 135 Å². The largest absolute Gasteiger partial charge is 0.369 e. The van der Waals surface area contributed by atoms with Gasteiger partial charge in [0.25, 0.3) is 0 Å². The molecule has 1 atom stereocenters. The monoisotopic (exact) mass is 314 g/mol. The van der Waals surface area contributed by atoms with E-state index in [1.54, 1.807) is 0 Å². The first-order valence-electron chi connectivity index (χ1n) is 8.39. The van der Waals surface area contributed by atoms with Gasteiger partial charge in [0.2, 0.25) is 11.8 Å². The van der Waals surface area contributed by atoms with E-state index in [9.17, 15) is 9.59 Å². The summed E-state index contributed by atoms with van der Waals surface area (Å²) in [6.45, 7) is 2.17. The molecule has 2 saturated heterocycles. The van der Waals surface area contributed by atoms with Crippen LogP contribution in [0.3, 0.4) is 0 Å². The van der Waals surface area contributed by atoms with E-state index in [0.717, 1.165) is 30.8 Å². The Morgan fingerprint density at radius 2 is 1.91 bits per heavy atom. The molecule has 0 aliphatic carbocycles. The third-order valence-electron chi connectivity index (χ3n) is 5.27. The van der Waals surface area contributed by atoms with E-state index in [0.29, 0.717) is 25.9 Å². The van der Waals surface area contributed by atoms with Gasteiger partial charge in [-0.25, -0.2) is 0 Å². The van der Waals surface area contributed by atoms with Crippen LogP contribution >= 0.6 is 0 Å². The summed E-state index contributed by atoms with van der Waals surface area (Å²) in [6.07, 6.45) is 3.28. The number of carbonyl (C=O) groups excluding carboxylic acids is 2. The van der Waals surface area contributed by atoms with Crippen molar-refractivity contribution in [2.45, 2.75) is 37.3 Å². The highest BCUT2D eigenvalue weighted by Gasteiger charge is 2.45. The molecule has 122 valence electrons. The number of likely N-dealkylation sites (tertiary alicyclic amines) is 1. The summed E-state index contributed by atoms with van der Waals surface area (Å²) in [7, 11) is 0. The van der Waals surface area contributed by atoms with Gasteiger partial charge in [0.1, 0.15) is 5.54 Å². The highest BCUT2D eigenvalue weighted by molar-refractivity contribution is 6.06. The van der Waals surface area contributed by atoms with Gasteiger partial charge in [-0.3, -0.25) is 9.59 Å². The first kappa shape index (κ1) is 14.5. The minimum atomic E-state index is -0.589. The number of hydrogen-bond donors (Lipinski definition) is 3. The Kier molecular flexibility index (Phi) is 3.49. The summed E-state index contributed by atoms with van der Waals surface area (Å²) in [5.41, 5.74) is 1.20. The molecule has 3 aliphatic rings. The third-order valence-corrected chi connectivity index (χ3v) is 5.27. The molecule has 6 nitrogen and oxygen atoms in total. The zero-order valence-electron chi connectivity index (χ0n) is 13.1. The van der Waals surface area contributed by atoms with Gasteiger partial charge in [-0.2, -0.15) is 0 Å². The zero-order chi connectivity index (χ0) is 15.9. The second kappa shape index (κ2) is 5.53. The van der Waals surface area contributed by atoms with Crippen molar-refractivity contribution in [3.05, 3.63) is 24.3 Å². The van der Waals surface area contributed by atoms with Gasteiger partial charge in [-0.1, -0.05) is 12.1 Å². The van der Waals surface area contributed by atoms with Crippen molar-refractivity contribution in [2.24, 2.45) is 0 Å². The topological polar surface area (TPSA) is 73.5 Å². The summed E-state index contributed by atoms with van der Waals surface area (Å²) < 4.78 is 0. The Morgan fingerprint density at radius 3 is 2.61 bits per heavy atom. The van der Waals surface area contributed by atoms with Gasteiger partial charge in [0, 0.05) is 13.1 Å². The van der Waals surface area contributed by atoms with Crippen LogP contribution in [0.15, 0.2) is 24.3 Å². The number of nitrogens with zero attached hydrogens (tertiary/aromatic N) is 1. The lowest BCUT2D eigenvalue weighted by Gasteiger charge is -2.44. The molecule has 4 rings (SSSR count). The smallest absolute Gasteiger partial charge is 0.250 e. The van der Waals surface area contributed by atoms with Crippen LogP contribution in [0.1, 0.15) is 25.7 Å². The van der Waals surface area contributed by atoms with Crippen molar-refractivity contribution in [3.63, 3.8) is 0 Å². The van der Waals surface area contributed by atoms with Gasteiger partial charge < -0.3 is 20.9 Å². The number of rotatable bonds is 1. The molecule has 3 heterocycles. The molecule has 0 saturated carbocycles.